The first-order valence-corrected chi connectivity index (χ1v) is 17.3. The van der Waals surface area contributed by atoms with Gasteiger partial charge >= 0.3 is 0 Å². The molecule has 48 heavy (non-hydrogen) atoms. The molecule has 5 aromatic rings. The summed E-state index contributed by atoms with van der Waals surface area (Å²) in [6, 6.07) is 41.1. The third-order valence-electron chi connectivity index (χ3n) is 8.92. The summed E-state index contributed by atoms with van der Waals surface area (Å²) < 4.78 is 0. The third-order valence-corrected chi connectivity index (χ3v) is 9.95. The van der Waals surface area contributed by atoms with Gasteiger partial charge in [-0.2, -0.15) is 0 Å². The van der Waals surface area contributed by atoms with E-state index in [-0.39, 0.29) is 5.41 Å². The van der Waals surface area contributed by atoms with E-state index in [1.54, 1.807) is 6.08 Å². The molecule has 0 aromatic heterocycles. The number of hydrogen-bond acceptors (Lipinski definition) is 2. The van der Waals surface area contributed by atoms with Crippen LogP contribution in [0.2, 0.25) is 0 Å². The first kappa shape index (κ1) is 32.6. The molecule has 0 amide bonds. The molecule has 1 N–H and O–H groups in total. The molecule has 0 spiro atoms. The van der Waals surface area contributed by atoms with Crippen molar-refractivity contribution in [3.05, 3.63) is 200 Å². The van der Waals surface area contributed by atoms with Gasteiger partial charge in [0.25, 0.3) is 0 Å². The van der Waals surface area contributed by atoms with Crippen LogP contribution in [0.15, 0.2) is 182 Å². The van der Waals surface area contributed by atoms with Crippen molar-refractivity contribution in [2.75, 3.05) is 11.1 Å². The van der Waals surface area contributed by atoms with E-state index >= 15 is 0 Å². The van der Waals surface area contributed by atoms with Gasteiger partial charge in [0.05, 0.1) is 0 Å². The van der Waals surface area contributed by atoms with Crippen molar-refractivity contribution in [2.24, 2.45) is 0 Å². The summed E-state index contributed by atoms with van der Waals surface area (Å²) in [7, 11) is 0. The largest absolute Gasteiger partial charge is 0.356 e. The molecule has 5 aromatic carbocycles. The quantitative estimate of drug-likeness (QED) is 0.186. The van der Waals surface area contributed by atoms with Crippen LogP contribution < -0.4 is 5.32 Å². The van der Waals surface area contributed by atoms with E-state index in [0.717, 1.165) is 28.3 Å². The third kappa shape index (κ3) is 7.00. The van der Waals surface area contributed by atoms with Crippen LogP contribution in [0.3, 0.4) is 0 Å². The summed E-state index contributed by atoms with van der Waals surface area (Å²) in [6.07, 6.45) is 14.0. The molecule has 1 heterocycles. The maximum absolute atomic E-state index is 4.30. The van der Waals surface area contributed by atoms with Crippen LogP contribution in [0.4, 0.5) is 11.4 Å². The standard InChI is InChI=1S/C34H29NS.C12H12/c1-23-9-5-4-8-20-36-33-19-14-25(21-30(23)33)24-12-15-26(16-13-24)35-27-17-18-29-28-10-6-7-11-31(28)34(2,3)32(29)22-27;1-3-8-11(4-2)12-9-6-5-7-10-12/h4-19,21-22,35H,1,20H2,2-3H3;3-10H,1-2H2/b8-4-,9-5-;11-8+. The summed E-state index contributed by atoms with van der Waals surface area (Å²) in [6.45, 7) is 16.3. The summed E-state index contributed by atoms with van der Waals surface area (Å²) in [5.41, 5.74) is 14.6. The number of thioether (sulfide) groups is 1. The zero-order valence-corrected chi connectivity index (χ0v) is 28.6. The summed E-state index contributed by atoms with van der Waals surface area (Å²) in [5, 5.41) is 3.62. The van der Waals surface area contributed by atoms with Gasteiger partial charge < -0.3 is 5.32 Å². The lowest BCUT2D eigenvalue weighted by Crippen LogP contribution is -2.15. The minimum atomic E-state index is 0.00434. The molecule has 1 aliphatic carbocycles. The Hall–Kier alpha value is -5.31. The average molecular weight is 640 g/mol. The molecule has 0 saturated heterocycles. The van der Waals surface area contributed by atoms with Gasteiger partial charge in [-0.1, -0.05) is 155 Å². The monoisotopic (exact) mass is 639 g/mol. The molecule has 0 atom stereocenters. The molecule has 7 rings (SSSR count). The fourth-order valence-electron chi connectivity index (χ4n) is 6.35. The van der Waals surface area contributed by atoms with Crippen LogP contribution in [0.1, 0.15) is 36.1 Å². The van der Waals surface area contributed by atoms with Gasteiger partial charge in [-0.15, -0.1) is 11.8 Å². The molecule has 0 unspecified atom stereocenters. The first-order valence-electron chi connectivity index (χ1n) is 16.3. The number of hydrogen-bond donors (Lipinski definition) is 1. The Labute approximate surface area is 290 Å². The highest BCUT2D eigenvalue weighted by molar-refractivity contribution is 7.99. The second-order valence-electron chi connectivity index (χ2n) is 12.4. The van der Waals surface area contributed by atoms with Crippen LogP contribution in [0.5, 0.6) is 0 Å². The Kier molecular flexibility index (Phi) is 9.94. The highest BCUT2D eigenvalue weighted by atomic mass is 32.2. The minimum Gasteiger partial charge on any atom is -0.356 e. The van der Waals surface area contributed by atoms with Crippen LogP contribution in [0.25, 0.3) is 33.4 Å². The zero-order valence-electron chi connectivity index (χ0n) is 27.7. The predicted octanol–water partition coefficient (Wildman–Crippen LogP) is 13.1. The SMILES string of the molecule is C=C/C=C(\C=C)c1ccccc1.C=C1/C=C\C=C/CSc2ccc(-c3ccc(Nc4ccc5c(c4)C(C)(C)c4ccccc4-5)cc3)cc21. The second-order valence-corrected chi connectivity index (χ2v) is 13.5. The molecular formula is C46H41NS. The van der Waals surface area contributed by atoms with E-state index in [1.807, 2.05) is 42.1 Å². The maximum atomic E-state index is 4.30. The van der Waals surface area contributed by atoms with Crippen molar-refractivity contribution in [3.8, 4) is 22.3 Å². The van der Waals surface area contributed by atoms with E-state index in [0.29, 0.717) is 0 Å². The van der Waals surface area contributed by atoms with Crippen LogP contribution >= 0.6 is 11.8 Å². The fraction of sp³-hybridized carbons (Fsp3) is 0.0870. The van der Waals surface area contributed by atoms with E-state index in [1.165, 1.54) is 49.4 Å². The Morgan fingerprint density at radius 2 is 1.42 bits per heavy atom. The molecule has 236 valence electrons. The summed E-state index contributed by atoms with van der Waals surface area (Å²) >= 11 is 1.85. The normalized spacial score (nSPS) is 15.5. The Bertz CT molecular complexity index is 2060. The van der Waals surface area contributed by atoms with Crippen molar-refractivity contribution in [3.63, 3.8) is 0 Å². The van der Waals surface area contributed by atoms with Crippen molar-refractivity contribution >= 4 is 34.3 Å². The van der Waals surface area contributed by atoms with Crippen molar-refractivity contribution < 1.29 is 0 Å². The molecule has 2 aliphatic rings. The van der Waals surface area contributed by atoms with Gasteiger partial charge in [0, 0.05) is 27.4 Å². The topological polar surface area (TPSA) is 12.0 Å². The maximum Gasteiger partial charge on any atom is 0.0387 e. The minimum absolute atomic E-state index is 0.00434. The lowest BCUT2D eigenvalue weighted by molar-refractivity contribution is 0.660. The van der Waals surface area contributed by atoms with Gasteiger partial charge in [-0.05, 0) is 92.1 Å². The van der Waals surface area contributed by atoms with Crippen LogP contribution in [0, 0.1) is 0 Å². The number of rotatable bonds is 6. The second kappa shape index (κ2) is 14.6. The molecule has 0 bridgehead atoms. The van der Waals surface area contributed by atoms with Crippen LogP contribution in [-0.4, -0.2) is 5.75 Å². The number of anilines is 2. The zero-order chi connectivity index (χ0) is 33.5. The fourth-order valence-corrected chi connectivity index (χ4v) is 7.25. The lowest BCUT2D eigenvalue weighted by Gasteiger charge is -2.22. The Morgan fingerprint density at radius 3 is 2.19 bits per heavy atom. The molecule has 2 heteroatoms. The number of benzene rings is 5. The molecule has 1 nitrogen and oxygen atoms in total. The van der Waals surface area contributed by atoms with E-state index < -0.39 is 0 Å². The summed E-state index contributed by atoms with van der Waals surface area (Å²) in [4.78, 5) is 1.28. The molecular weight excluding hydrogens is 599 g/mol. The molecule has 0 saturated carbocycles. The predicted molar refractivity (Wildman–Crippen MR) is 212 cm³/mol. The van der Waals surface area contributed by atoms with Crippen molar-refractivity contribution in [1.82, 2.24) is 0 Å². The lowest BCUT2D eigenvalue weighted by atomic mass is 9.82. The Morgan fingerprint density at radius 1 is 0.708 bits per heavy atom. The van der Waals surface area contributed by atoms with Gasteiger partial charge in [0.1, 0.15) is 0 Å². The number of fused-ring (bicyclic) bond motifs is 4. The van der Waals surface area contributed by atoms with Gasteiger partial charge in [-0.3, -0.25) is 0 Å². The van der Waals surface area contributed by atoms with Crippen molar-refractivity contribution in [1.29, 1.82) is 0 Å². The average Bonchev–Trinajstić information content (AvgIpc) is 3.39. The van der Waals surface area contributed by atoms with E-state index in [4.69, 9.17) is 0 Å². The molecule has 0 fully saturated rings. The Balaban J connectivity index is 0.000000284. The van der Waals surface area contributed by atoms with Gasteiger partial charge in [0.15, 0.2) is 0 Å². The van der Waals surface area contributed by atoms with Crippen molar-refractivity contribution in [2.45, 2.75) is 24.2 Å². The molecule has 1 aliphatic heterocycles. The van der Waals surface area contributed by atoms with Crippen LogP contribution in [-0.2, 0) is 5.41 Å². The van der Waals surface area contributed by atoms with E-state index in [2.05, 4.69) is 160 Å². The smallest absolute Gasteiger partial charge is 0.0387 e. The first-order chi connectivity index (χ1) is 23.4. The van der Waals surface area contributed by atoms with Gasteiger partial charge in [0.2, 0.25) is 0 Å². The number of allylic oxidation sites excluding steroid dienone is 8. The highest BCUT2D eigenvalue weighted by Crippen LogP contribution is 2.49. The highest BCUT2D eigenvalue weighted by Gasteiger charge is 2.35. The summed E-state index contributed by atoms with van der Waals surface area (Å²) in [5.74, 6) is 0.969. The van der Waals surface area contributed by atoms with Gasteiger partial charge in [-0.25, -0.2) is 0 Å². The number of nitrogens with one attached hydrogen (secondary N) is 1. The molecule has 0 radical (unpaired) electrons. The van der Waals surface area contributed by atoms with E-state index in [9.17, 15) is 0 Å².